The number of benzene rings is 1. The number of carbonyl (C=O) groups excluding carboxylic acids is 1. The highest BCUT2D eigenvalue weighted by Crippen LogP contribution is 2.63. The van der Waals surface area contributed by atoms with Crippen molar-refractivity contribution in [2.75, 3.05) is 13.1 Å². The van der Waals surface area contributed by atoms with Crippen molar-refractivity contribution < 1.29 is 29.8 Å². The molecule has 5 rings (SSSR count). The average molecular weight is 479 g/mol. The van der Waals surface area contributed by atoms with Crippen LogP contribution in [0.1, 0.15) is 38.2 Å². The number of allylic oxidation sites excluding steroid dienone is 1. The highest BCUT2D eigenvalue weighted by atomic mass is 16.5. The van der Waals surface area contributed by atoms with Crippen LogP contribution in [-0.2, 0) is 16.1 Å². The van der Waals surface area contributed by atoms with Gasteiger partial charge >= 0.3 is 7.12 Å². The Morgan fingerprint density at radius 2 is 2.00 bits per heavy atom. The second-order valence-corrected chi connectivity index (χ2v) is 10.5. The van der Waals surface area contributed by atoms with Crippen LogP contribution in [0.15, 0.2) is 60.2 Å². The summed E-state index contributed by atoms with van der Waals surface area (Å²) in [5.74, 6) is -0.308. The molecule has 1 saturated heterocycles. The van der Waals surface area contributed by atoms with Crippen molar-refractivity contribution in [1.82, 2.24) is 4.90 Å². The van der Waals surface area contributed by atoms with E-state index in [9.17, 15) is 25.1 Å². The molecule has 3 aliphatic carbocycles. The van der Waals surface area contributed by atoms with E-state index in [1.807, 2.05) is 12.2 Å². The lowest BCUT2D eigenvalue weighted by Gasteiger charge is -2.66. The number of carbonyl (C=O) groups is 1. The van der Waals surface area contributed by atoms with E-state index >= 15 is 0 Å². The Hall–Kier alpha value is -2.07. The summed E-state index contributed by atoms with van der Waals surface area (Å²) in [6, 6.07) is 6.75. The molecular weight excluding hydrogens is 445 g/mol. The fourth-order valence-corrected chi connectivity index (χ4v) is 7.16. The molecule has 2 fully saturated rings. The van der Waals surface area contributed by atoms with E-state index in [-0.39, 0.29) is 30.3 Å². The molecule has 1 heterocycles. The number of piperidine rings is 1. The average Bonchev–Trinajstić information content (AvgIpc) is 2.83. The second-order valence-electron chi connectivity index (χ2n) is 10.5. The molecule has 4 N–H and O–H groups in total. The second kappa shape index (κ2) is 9.11. The predicted molar refractivity (Wildman–Crippen MR) is 133 cm³/mol. The van der Waals surface area contributed by atoms with E-state index in [0.717, 1.165) is 16.7 Å². The summed E-state index contributed by atoms with van der Waals surface area (Å²) in [7, 11) is -1.51. The maximum atomic E-state index is 12.8. The fourth-order valence-electron chi connectivity index (χ4n) is 7.16. The van der Waals surface area contributed by atoms with Crippen LogP contribution in [0.25, 0.3) is 0 Å². The number of hydrogen-bond donors (Lipinski definition) is 4. The molecule has 0 spiro atoms. The molecule has 1 aromatic carbocycles. The van der Waals surface area contributed by atoms with Crippen LogP contribution in [0.4, 0.5) is 0 Å². The number of aliphatic hydroxyl groups excluding tert-OH is 1. The molecule has 2 bridgehead atoms. The highest BCUT2D eigenvalue weighted by molar-refractivity contribution is 6.58. The monoisotopic (exact) mass is 479 g/mol. The topological polar surface area (TPSA) is 110 Å². The van der Waals surface area contributed by atoms with Gasteiger partial charge in [0.1, 0.15) is 6.10 Å². The Morgan fingerprint density at radius 1 is 1.26 bits per heavy atom. The summed E-state index contributed by atoms with van der Waals surface area (Å²) >= 11 is 0. The van der Waals surface area contributed by atoms with Gasteiger partial charge in [-0.1, -0.05) is 49.4 Å². The lowest BCUT2D eigenvalue weighted by molar-refractivity contribution is -0.221. The van der Waals surface area contributed by atoms with Gasteiger partial charge in [-0.15, -0.1) is 6.58 Å². The molecule has 35 heavy (non-hydrogen) atoms. The van der Waals surface area contributed by atoms with Crippen molar-refractivity contribution in [2.24, 2.45) is 11.3 Å². The number of aliphatic hydroxyl groups is 2. The van der Waals surface area contributed by atoms with E-state index in [4.69, 9.17) is 4.74 Å². The SMILES string of the molecule is C=CCN1CCC23C4=C(C=CC(OCc5ccc(B(O)O)cc5)C4C)CC1[C@]2(O)CCC(=O)[C@H]3O. The number of hydrogen-bond acceptors (Lipinski definition) is 7. The van der Waals surface area contributed by atoms with Crippen LogP contribution in [0.5, 0.6) is 0 Å². The van der Waals surface area contributed by atoms with Gasteiger partial charge in [0.15, 0.2) is 5.78 Å². The molecule has 186 valence electrons. The van der Waals surface area contributed by atoms with Crippen LogP contribution in [0.2, 0.25) is 0 Å². The van der Waals surface area contributed by atoms with E-state index in [1.165, 1.54) is 0 Å². The first kappa shape index (κ1) is 24.6. The van der Waals surface area contributed by atoms with Gasteiger partial charge < -0.3 is 25.0 Å². The van der Waals surface area contributed by atoms with Gasteiger partial charge in [-0.3, -0.25) is 9.69 Å². The largest absolute Gasteiger partial charge is 0.488 e. The third-order valence-corrected chi connectivity index (χ3v) is 8.84. The van der Waals surface area contributed by atoms with E-state index in [2.05, 4.69) is 24.5 Å². The molecule has 6 atom stereocenters. The Bertz CT molecular complexity index is 1070. The van der Waals surface area contributed by atoms with Crippen molar-refractivity contribution in [3.63, 3.8) is 0 Å². The number of Topliss-reactive ketones (excluding diaryl/α,β-unsaturated/α-hetero) is 1. The molecule has 8 heteroatoms. The minimum Gasteiger partial charge on any atom is -0.423 e. The molecule has 0 aromatic heterocycles. The van der Waals surface area contributed by atoms with Gasteiger partial charge in [0.2, 0.25) is 0 Å². The van der Waals surface area contributed by atoms with Crippen molar-refractivity contribution in [2.45, 2.75) is 63.1 Å². The summed E-state index contributed by atoms with van der Waals surface area (Å²) in [6.45, 7) is 7.62. The van der Waals surface area contributed by atoms with Crippen molar-refractivity contribution in [3.8, 4) is 0 Å². The quantitative estimate of drug-likeness (QED) is 0.354. The zero-order chi connectivity index (χ0) is 25.0. The standard InChI is InChI=1S/C27H34BNO6/c1-3-13-29-14-12-26-24-17(2)22(35-16-18-4-7-20(8-5-18)28(33)34)9-6-19(24)15-23(29)27(26,32)11-10-21(30)25(26)31/h3-9,17,22-23,25,31-34H,1,10-16H2,2H3/t17?,22?,23?,25-,26?,27-/m1/s1. The van der Waals surface area contributed by atoms with Crippen LogP contribution < -0.4 is 5.46 Å². The summed E-state index contributed by atoms with van der Waals surface area (Å²) in [5, 5.41) is 42.2. The highest BCUT2D eigenvalue weighted by Gasteiger charge is 2.69. The van der Waals surface area contributed by atoms with Crippen molar-refractivity contribution >= 4 is 18.4 Å². The van der Waals surface area contributed by atoms with Gasteiger partial charge in [0.05, 0.1) is 23.7 Å². The number of ketones is 1. The molecule has 1 aliphatic heterocycles. The first-order valence-electron chi connectivity index (χ1n) is 12.5. The Labute approximate surface area is 206 Å². The summed E-state index contributed by atoms with van der Waals surface area (Å²) in [6.07, 6.45) is 6.16. The summed E-state index contributed by atoms with van der Waals surface area (Å²) in [4.78, 5) is 15.1. The van der Waals surface area contributed by atoms with E-state index in [0.29, 0.717) is 44.4 Å². The Kier molecular flexibility index (Phi) is 6.41. The zero-order valence-corrected chi connectivity index (χ0v) is 20.1. The Balaban J connectivity index is 1.45. The number of nitrogens with zero attached hydrogens (tertiary/aromatic N) is 1. The van der Waals surface area contributed by atoms with Crippen LogP contribution in [0.3, 0.4) is 0 Å². The molecule has 7 nitrogen and oxygen atoms in total. The lowest BCUT2D eigenvalue weighted by Crippen LogP contribution is -2.75. The number of rotatable bonds is 6. The molecular formula is C27H34BNO6. The normalized spacial score (nSPS) is 36.5. The van der Waals surface area contributed by atoms with Gasteiger partial charge in [-0.2, -0.15) is 0 Å². The predicted octanol–water partition coefficient (Wildman–Crippen LogP) is 0.859. The van der Waals surface area contributed by atoms with Crippen molar-refractivity contribution in [3.05, 3.63) is 65.8 Å². The molecule has 0 amide bonds. The number of ether oxygens (including phenoxy) is 1. The molecule has 1 aromatic rings. The summed E-state index contributed by atoms with van der Waals surface area (Å²) in [5.41, 5.74) is 1.19. The van der Waals surface area contributed by atoms with Gasteiger partial charge in [-0.05, 0) is 48.0 Å². The summed E-state index contributed by atoms with van der Waals surface area (Å²) < 4.78 is 6.28. The maximum absolute atomic E-state index is 12.8. The molecule has 1 saturated carbocycles. The minimum atomic E-state index is -1.51. The van der Waals surface area contributed by atoms with Gasteiger partial charge in [0.25, 0.3) is 0 Å². The zero-order valence-electron chi connectivity index (χ0n) is 20.1. The van der Waals surface area contributed by atoms with Crippen LogP contribution in [0, 0.1) is 11.3 Å². The van der Waals surface area contributed by atoms with Crippen LogP contribution >= 0.6 is 0 Å². The van der Waals surface area contributed by atoms with E-state index in [1.54, 1.807) is 24.3 Å². The lowest BCUT2D eigenvalue weighted by atomic mass is 9.45. The first-order valence-corrected chi connectivity index (χ1v) is 12.5. The number of likely N-dealkylation sites (tertiary alicyclic amines) is 1. The molecule has 0 radical (unpaired) electrons. The molecule has 4 unspecified atom stereocenters. The third kappa shape index (κ3) is 3.70. The van der Waals surface area contributed by atoms with Gasteiger partial charge in [0, 0.05) is 24.9 Å². The maximum Gasteiger partial charge on any atom is 0.488 e. The van der Waals surface area contributed by atoms with Gasteiger partial charge in [-0.25, -0.2) is 0 Å². The molecule has 4 aliphatic rings. The first-order chi connectivity index (χ1) is 16.7. The van der Waals surface area contributed by atoms with Crippen LogP contribution in [-0.4, -0.2) is 75.0 Å². The minimum absolute atomic E-state index is 0.118. The Morgan fingerprint density at radius 3 is 2.69 bits per heavy atom. The fraction of sp³-hybridized carbons (Fsp3) is 0.519. The smallest absolute Gasteiger partial charge is 0.423 e. The third-order valence-electron chi connectivity index (χ3n) is 8.84. The van der Waals surface area contributed by atoms with E-state index < -0.39 is 24.2 Å². The van der Waals surface area contributed by atoms with Crippen molar-refractivity contribution in [1.29, 1.82) is 0 Å².